The third kappa shape index (κ3) is 6.29. The van der Waals surface area contributed by atoms with Gasteiger partial charge in [-0.05, 0) is 43.4 Å². The van der Waals surface area contributed by atoms with Gasteiger partial charge in [0.25, 0.3) is 5.91 Å². The minimum atomic E-state index is -0.404. The number of halogens is 2. The van der Waals surface area contributed by atoms with Crippen LogP contribution in [0.3, 0.4) is 0 Å². The van der Waals surface area contributed by atoms with E-state index in [-0.39, 0.29) is 29.3 Å². The molecule has 0 radical (unpaired) electrons. The van der Waals surface area contributed by atoms with Crippen LogP contribution in [-0.4, -0.2) is 89.2 Å². The molecule has 2 saturated heterocycles. The van der Waals surface area contributed by atoms with E-state index in [1.165, 1.54) is 12.6 Å². The number of nitrogen functional groups attached to an aromatic ring is 1. The zero-order chi connectivity index (χ0) is 26.5. The average molecular weight is 551 g/mol. The fourth-order valence-electron chi connectivity index (χ4n) is 5.71. The van der Waals surface area contributed by atoms with Gasteiger partial charge in [0.1, 0.15) is 0 Å². The van der Waals surface area contributed by atoms with Crippen molar-refractivity contribution in [2.45, 2.75) is 50.7 Å². The Labute approximate surface area is 228 Å². The van der Waals surface area contributed by atoms with Crippen LogP contribution < -0.4 is 16.0 Å². The van der Waals surface area contributed by atoms with E-state index in [0.717, 1.165) is 57.0 Å². The number of nitrogens with one attached hydrogen (secondary N) is 1. The quantitative estimate of drug-likeness (QED) is 0.460. The first-order chi connectivity index (χ1) is 17.9. The molecule has 0 bridgehead atoms. The maximum atomic E-state index is 12.0. The number of nitrogens with zero attached hydrogens (tertiary/aromatic N) is 5. The van der Waals surface area contributed by atoms with Crippen LogP contribution in [0.4, 0.5) is 11.6 Å². The van der Waals surface area contributed by atoms with Gasteiger partial charge in [0.15, 0.2) is 22.5 Å². The van der Waals surface area contributed by atoms with Crippen LogP contribution in [0.1, 0.15) is 54.7 Å². The smallest absolute Gasteiger partial charge is 0.273 e. The first-order valence-electron chi connectivity index (χ1n) is 13.0. The number of likely N-dealkylation sites (tertiary alicyclic amines) is 1. The predicted molar refractivity (Wildman–Crippen MR) is 148 cm³/mol. The highest BCUT2D eigenvalue weighted by Crippen LogP contribution is 2.32. The van der Waals surface area contributed by atoms with E-state index in [9.17, 15) is 9.90 Å². The lowest BCUT2D eigenvalue weighted by molar-refractivity contribution is 0.0437. The largest absolute Gasteiger partial charge is 0.396 e. The molecule has 0 unspecified atom stereocenters. The van der Waals surface area contributed by atoms with Crippen LogP contribution in [0, 0.1) is 0 Å². The molecule has 1 aromatic carbocycles. The third-order valence-electron chi connectivity index (χ3n) is 7.67. The molecular weight excluding hydrogens is 513 g/mol. The summed E-state index contributed by atoms with van der Waals surface area (Å²) in [5.41, 5.74) is 7.29. The van der Waals surface area contributed by atoms with Gasteiger partial charge in [-0.2, -0.15) is 0 Å². The Bertz CT molecular complexity index is 1060. The van der Waals surface area contributed by atoms with Crippen molar-refractivity contribution >= 4 is 40.7 Å². The van der Waals surface area contributed by atoms with Crippen LogP contribution >= 0.6 is 23.2 Å². The molecule has 2 aromatic rings. The van der Waals surface area contributed by atoms with E-state index in [2.05, 4.69) is 49.0 Å². The summed E-state index contributed by atoms with van der Waals surface area (Å²) < 4.78 is 0. The monoisotopic (exact) mass is 549 g/mol. The lowest BCUT2D eigenvalue weighted by atomic mass is 9.94. The normalized spacial score (nSPS) is 20.7. The van der Waals surface area contributed by atoms with Gasteiger partial charge >= 0.3 is 0 Å². The minimum Gasteiger partial charge on any atom is -0.396 e. The van der Waals surface area contributed by atoms with Crippen LogP contribution in [0.15, 0.2) is 24.3 Å². The number of aliphatic hydroxyl groups excluding tert-OH is 1. The number of carbonyl (C=O) groups is 1. The van der Waals surface area contributed by atoms with Crippen LogP contribution in [-0.2, 0) is 0 Å². The molecule has 3 heterocycles. The number of piperidine rings is 1. The Balaban J connectivity index is 1.40. The summed E-state index contributed by atoms with van der Waals surface area (Å²) in [5, 5.41) is 13.1. The molecule has 2 fully saturated rings. The minimum absolute atomic E-state index is 0.0480. The van der Waals surface area contributed by atoms with Gasteiger partial charge in [-0.3, -0.25) is 14.6 Å². The summed E-state index contributed by atoms with van der Waals surface area (Å²) in [5.74, 6) is 0.215. The Hall–Kier alpha value is -2.17. The van der Waals surface area contributed by atoms with Gasteiger partial charge in [-0.15, -0.1) is 0 Å². The number of carbonyl (C=O) groups excluding carboxylic acids is 1. The first-order valence-corrected chi connectivity index (χ1v) is 13.8. The molecule has 2 aliphatic rings. The highest BCUT2D eigenvalue weighted by atomic mass is 35.5. The number of nitrogens with two attached hydrogens (primary N) is 1. The molecule has 0 aliphatic carbocycles. The predicted octanol–water partition coefficient (Wildman–Crippen LogP) is 3.21. The fraction of sp³-hybridized carbons (Fsp3) is 0.577. The molecule has 1 aromatic heterocycles. The second kappa shape index (κ2) is 12.6. The van der Waals surface area contributed by atoms with Gasteiger partial charge in [0, 0.05) is 69.5 Å². The van der Waals surface area contributed by atoms with Crippen molar-refractivity contribution in [2.75, 3.05) is 57.0 Å². The molecule has 1 amide bonds. The molecular formula is C26H37Cl2N7O2. The highest BCUT2D eigenvalue weighted by molar-refractivity contribution is 6.32. The summed E-state index contributed by atoms with van der Waals surface area (Å²) in [7, 11) is 1.52. The van der Waals surface area contributed by atoms with Crippen molar-refractivity contribution in [1.29, 1.82) is 0 Å². The summed E-state index contributed by atoms with van der Waals surface area (Å²) >= 11 is 12.5. The number of benzene rings is 1. The maximum Gasteiger partial charge on any atom is 0.273 e. The standard InChI is InChI=1S/C26H37Cl2N7O2/c1-3-19-16-34(25-23(28)31-22(24(29)32-25)26(37)30-2)13-14-35(19)20-8-11-33(12-9-20)21(10-15-36)17-4-6-18(27)7-5-17/h4-7,19-21,36H,3,8-16H2,1-2H3,(H2,29,32)(H,30,37)/t19-,21+/m0/s1. The van der Waals surface area contributed by atoms with Crippen LogP contribution in [0.25, 0.3) is 0 Å². The molecule has 0 spiro atoms. The molecule has 4 N–H and O–H groups in total. The van der Waals surface area contributed by atoms with Gasteiger partial charge in [-0.25, -0.2) is 9.97 Å². The molecule has 4 rings (SSSR count). The molecule has 9 nitrogen and oxygen atoms in total. The Kier molecular flexibility index (Phi) is 9.47. The second-order valence-electron chi connectivity index (χ2n) is 9.74. The number of rotatable bonds is 8. The van der Waals surface area contributed by atoms with E-state index in [4.69, 9.17) is 28.9 Å². The number of aliphatic hydroxyl groups is 1. The van der Waals surface area contributed by atoms with Gasteiger partial charge < -0.3 is 21.1 Å². The third-order valence-corrected chi connectivity index (χ3v) is 8.18. The number of hydrogen-bond acceptors (Lipinski definition) is 8. The maximum absolute atomic E-state index is 12.0. The zero-order valence-corrected chi connectivity index (χ0v) is 23.0. The first kappa shape index (κ1) is 27.9. The SMILES string of the molecule is CC[C@H]1CN(c2nc(N)c(C(=O)NC)nc2Cl)CCN1C1CCN([C@H](CCO)c2ccc(Cl)cc2)CC1. The molecule has 0 saturated carbocycles. The molecule has 37 heavy (non-hydrogen) atoms. The van der Waals surface area contributed by atoms with Crippen molar-refractivity contribution < 1.29 is 9.90 Å². The molecule has 11 heteroatoms. The van der Waals surface area contributed by atoms with Crippen molar-refractivity contribution in [1.82, 2.24) is 25.1 Å². The summed E-state index contributed by atoms with van der Waals surface area (Å²) in [4.78, 5) is 27.9. The van der Waals surface area contributed by atoms with Crippen molar-refractivity contribution in [3.8, 4) is 0 Å². The van der Waals surface area contributed by atoms with E-state index in [1.54, 1.807) is 0 Å². The summed E-state index contributed by atoms with van der Waals surface area (Å²) in [6.07, 6.45) is 3.89. The van der Waals surface area contributed by atoms with Crippen molar-refractivity contribution in [3.63, 3.8) is 0 Å². The Morgan fingerprint density at radius 3 is 2.49 bits per heavy atom. The number of hydrogen-bond donors (Lipinski definition) is 3. The van der Waals surface area contributed by atoms with Crippen molar-refractivity contribution in [3.05, 3.63) is 45.7 Å². The zero-order valence-electron chi connectivity index (χ0n) is 21.5. The lowest BCUT2D eigenvalue weighted by Crippen LogP contribution is -2.58. The fourth-order valence-corrected chi connectivity index (χ4v) is 6.08. The number of aromatic nitrogens is 2. The van der Waals surface area contributed by atoms with Crippen molar-refractivity contribution in [2.24, 2.45) is 0 Å². The Morgan fingerprint density at radius 2 is 1.86 bits per heavy atom. The topological polar surface area (TPSA) is 111 Å². The molecule has 202 valence electrons. The van der Waals surface area contributed by atoms with E-state index < -0.39 is 5.91 Å². The van der Waals surface area contributed by atoms with Gasteiger partial charge in [-0.1, -0.05) is 42.3 Å². The second-order valence-corrected chi connectivity index (χ2v) is 10.5. The number of piperazine rings is 1. The van der Waals surface area contributed by atoms with E-state index in [0.29, 0.717) is 24.3 Å². The van der Waals surface area contributed by atoms with Gasteiger partial charge in [0.2, 0.25) is 0 Å². The number of amides is 1. The van der Waals surface area contributed by atoms with Crippen LogP contribution in [0.2, 0.25) is 10.2 Å². The van der Waals surface area contributed by atoms with E-state index >= 15 is 0 Å². The van der Waals surface area contributed by atoms with Gasteiger partial charge in [0.05, 0.1) is 0 Å². The summed E-state index contributed by atoms with van der Waals surface area (Å²) in [6.45, 7) is 6.80. The average Bonchev–Trinajstić information content (AvgIpc) is 2.92. The Morgan fingerprint density at radius 1 is 1.16 bits per heavy atom. The lowest BCUT2D eigenvalue weighted by Gasteiger charge is -2.48. The van der Waals surface area contributed by atoms with Crippen LogP contribution in [0.5, 0.6) is 0 Å². The molecule has 2 aliphatic heterocycles. The van der Waals surface area contributed by atoms with E-state index in [1.807, 2.05) is 12.1 Å². The number of anilines is 2. The molecule has 2 atom stereocenters. The summed E-state index contributed by atoms with van der Waals surface area (Å²) in [6, 6.07) is 9.06. The highest BCUT2D eigenvalue weighted by Gasteiger charge is 2.35.